The van der Waals surface area contributed by atoms with Crippen molar-refractivity contribution >= 4 is 33.5 Å². The third-order valence-electron chi connectivity index (χ3n) is 7.12. The van der Waals surface area contributed by atoms with E-state index in [4.69, 9.17) is 9.97 Å². The molecule has 5 aromatic rings. The lowest BCUT2D eigenvalue weighted by atomic mass is 9.91. The van der Waals surface area contributed by atoms with Crippen LogP contribution >= 0.6 is 0 Å². The number of aromatic amines is 1. The molecule has 0 amide bonds. The highest BCUT2D eigenvalue weighted by Gasteiger charge is 2.14. The number of hydrogen-bond acceptors (Lipinski definition) is 4. The molecular formula is C32H35N5. The standard InChI is InChI=1S/C32H35N5/c1-5-7-23(8-6-2)17-30-27-18-25(13-15-29(27)34-20-35-30)28-19-33-32-26(28)14-16-31(37-32)36-22(4)24-11-9-21(3)10-12-24/h9-16,18-20,23H,4-8,17H2,1-3H3,(H2,33,36,37). The van der Waals surface area contributed by atoms with Gasteiger partial charge in [0.1, 0.15) is 17.8 Å². The molecule has 188 valence electrons. The molecule has 2 aromatic carbocycles. The van der Waals surface area contributed by atoms with Crippen molar-refractivity contribution in [1.82, 2.24) is 19.9 Å². The molecular weight excluding hydrogens is 454 g/mol. The van der Waals surface area contributed by atoms with Gasteiger partial charge < -0.3 is 10.3 Å². The van der Waals surface area contributed by atoms with Crippen molar-refractivity contribution in [3.8, 4) is 11.1 Å². The van der Waals surface area contributed by atoms with Crippen LogP contribution in [0.5, 0.6) is 0 Å². The van der Waals surface area contributed by atoms with Crippen molar-refractivity contribution in [2.45, 2.75) is 52.9 Å². The van der Waals surface area contributed by atoms with Gasteiger partial charge in [-0.25, -0.2) is 15.0 Å². The van der Waals surface area contributed by atoms with Crippen molar-refractivity contribution in [2.75, 3.05) is 5.32 Å². The number of anilines is 1. The molecule has 0 aliphatic heterocycles. The lowest BCUT2D eigenvalue weighted by Gasteiger charge is -2.16. The van der Waals surface area contributed by atoms with E-state index in [1.165, 1.54) is 31.2 Å². The van der Waals surface area contributed by atoms with Crippen LogP contribution in [0, 0.1) is 12.8 Å². The second kappa shape index (κ2) is 11.0. The fourth-order valence-electron chi connectivity index (χ4n) is 5.17. The second-order valence-corrected chi connectivity index (χ2v) is 9.96. The van der Waals surface area contributed by atoms with E-state index in [0.717, 1.165) is 62.3 Å². The lowest BCUT2D eigenvalue weighted by Crippen LogP contribution is -2.06. The van der Waals surface area contributed by atoms with Gasteiger partial charge in [0.15, 0.2) is 0 Å². The van der Waals surface area contributed by atoms with Crippen LogP contribution in [0.3, 0.4) is 0 Å². The Morgan fingerprint density at radius 1 is 0.946 bits per heavy atom. The van der Waals surface area contributed by atoms with Gasteiger partial charge in [-0.2, -0.15) is 0 Å². The SMILES string of the molecule is C=C(Nc1ccc2c(-c3ccc4ncnc(CC(CCC)CCC)c4c3)c[nH]c2n1)c1ccc(C)cc1. The molecule has 3 heterocycles. The summed E-state index contributed by atoms with van der Waals surface area (Å²) in [5.74, 6) is 1.42. The van der Waals surface area contributed by atoms with Gasteiger partial charge in [-0.1, -0.05) is 82.0 Å². The van der Waals surface area contributed by atoms with Gasteiger partial charge in [0.25, 0.3) is 0 Å². The summed E-state index contributed by atoms with van der Waals surface area (Å²) in [7, 11) is 0. The Bertz CT molecular complexity index is 1520. The summed E-state index contributed by atoms with van der Waals surface area (Å²) in [4.78, 5) is 17.4. The van der Waals surface area contributed by atoms with E-state index in [0.29, 0.717) is 5.92 Å². The molecule has 5 rings (SSSR count). The molecule has 0 spiro atoms. The summed E-state index contributed by atoms with van der Waals surface area (Å²) in [6.45, 7) is 10.8. The highest BCUT2D eigenvalue weighted by atomic mass is 15.0. The monoisotopic (exact) mass is 489 g/mol. The maximum Gasteiger partial charge on any atom is 0.140 e. The summed E-state index contributed by atoms with van der Waals surface area (Å²) in [6, 6.07) is 18.9. The van der Waals surface area contributed by atoms with E-state index in [-0.39, 0.29) is 0 Å². The van der Waals surface area contributed by atoms with Crippen LogP contribution in [0.2, 0.25) is 0 Å². The summed E-state index contributed by atoms with van der Waals surface area (Å²) < 4.78 is 0. The van der Waals surface area contributed by atoms with Crippen LogP contribution in [0.4, 0.5) is 5.82 Å². The van der Waals surface area contributed by atoms with Crippen LogP contribution < -0.4 is 5.32 Å². The number of rotatable bonds is 10. The van der Waals surface area contributed by atoms with Crippen molar-refractivity contribution in [1.29, 1.82) is 0 Å². The van der Waals surface area contributed by atoms with E-state index in [1.807, 2.05) is 12.3 Å². The zero-order valence-corrected chi connectivity index (χ0v) is 22.0. The minimum absolute atomic E-state index is 0.662. The van der Waals surface area contributed by atoms with E-state index in [2.05, 4.69) is 91.2 Å². The Hall–Kier alpha value is -3.99. The Morgan fingerprint density at radius 2 is 1.73 bits per heavy atom. The zero-order chi connectivity index (χ0) is 25.8. The highest BCUT2D eigenvalue weighted by Crippen LogP contribution is 2.32. The Morgan fingerprint density at radius 3 is 2.49 bits per heavy atom. The first-order valence-corrected chi connectivity index (χ1v) is 13.3. The van der Waals surface area contributed by atoms with E-state index in [1.54, 1.807) is 6.33 Å². The first kappa shape index (κ1) is 24.7. The first-order chi connectivity index (χ1) is 18.1. The molecule has 0 radical (unpaired) electrons. The predicted molar refractivity (Wildman–Crippen MR) is 155 cm³/mol. The van der Waals surface area contributed by atoms with Gasteiger partial charge >= 0.3 is 0 Å². The number of aromatic nitrogens is 4. The minimum Gasteiger partial charge on any atom is -0.345 e. The summed E-state index contributed by atoms with van der Waals surface area (Å²) in [6.07, 6.45) is 9.63. The Balaban J connectivity index is 1.43. The number of aryl methyl sites for hydroxylation is 1. The maximum absolute atomic E-state index is 4.81. The van der Waals surface area contributed by atoms with Gasteiger partial charge in [0.2, 0.25) is 0 Å². The molecule has 3 aromatic heterocycles. The average Bonchev–Trinajstić information content (AvgIpc) is 3.32. The number of pyridine rings is 1. The molecule has 0 aliphatic rings. The smallest absolute Gasteiger partial charge is 0.140 e. The topological polar surface area (TPSA) is 66.5 Å². The molecule has 0 saturated carbocycles. The van der Waals surface area contributed by atoms with E-state index in [9.17, 15) is 0 Å². The number of nitrogens with one attached hydrogen (secondary N) is 2. The van der Waals surface area contributed by atoms with Gasteiger partial charge in [-0.15, -0.1) is 0 Å². The third-order valence-corrected chi connectivity index (χ3v) is 7.12. The molecule has 5 heteroatoms. The molecule has 37 heavy (non-hydrogen) atoms. The van der Waals surface area contributed by atoms with Gasteiger partial charge in [0.05, 0.1) is 11.2 Å². The molecule has 2 N–H and O–H groups in total. The molecule has 0 aliphatic carbocycles. The largest absolute Gasteiger partial charge is 0.345 e. The fourth-order valence-corrected chi connectivity index (χ4v) is 5.17. The first-order valence-electron chi connectivity index (χ1n) is 13.3. The molecule has 0 unspecified atom stereocenters. The number of nitrogens with zero attached hydrogens (tertiary/aromatic N) is 3. The van der Waals surface area contributed by atoms with Crippen molar-refractivity contribution in [3.63, 3.8) is 0 Å². The van der Waals surface area contributed by atoms with Crippen LogP contribution in [0.1, 0.15) is 56.4 Å². The number of fused-ring (bicyclic) bond motifs is 2. The van der Waals surface area contributed by atoms with E-state index < -0.39 is 0 Å². The van der Waals surface area contributed by atoms with Crippen molar-refractivity contribution in [2.24, 2.45) is 5.92 Å². The zero-order valence-electron chi connectivity index (χ0n) is 22.0. The molecule has 0 bridgehead atoms. The van der Waals surface area contributed by atoms with Crippen LogP contribution in [0.25, 0.3) is 38.8 Å². The van der Waals surface area contributed by atoms with Crippen LogP contribution in [-0.4, -0.2) is 19.9 Å². The molecule has 0 fully saturated rings. The number of H-pyrrole nitrogens is 1. The normalized spacial score (nSPS) is 11.5. The maximum atomic E-state index is 4.81. The quantitative estimate of drug-likeness (QED) is 0.207. The van der Waals surface area contributed by atoms with Gasteiger partial charge in [-0.3, -0.25) is 0 Å². The lowest BCUT2D eigenvalue weighted by molar-refractivity contribution is 0.435. The van der Waals surface area contributed by atoms with Gasteiger partial charge in [0, 0.05) is 28.2 Å². The molecule has 5 nitrogen and oxygen atoms in total. The van der Waals surface area contributed by atoms with Crippen LogP contribution in [0.15, 0.2) is 73.7 Å². The van der Waals surface area contributed by atoms with Crippen molar-refractivity contribution < 1.29 is 0 Å². The Kier molecular flexibility index (Phi) is 7.31. The van der Waals surface area contributed by atoms with Crippen molar-refractivity contribution in [3.05, 3.63) is 90.5 Å². The fraction of sp³-hybridized carbons (Fsp3) is 0.281. The average molecular weight is 490 g/mol. The second-order valence-electron chi connectivity index (χ2n) is 9.96. The minimum atomic E-state index is 0.662. The molecule has 0 atom stereocenters. The van der Waals surface area contributed by atoms with E-state index >= 15 is 0 Å². The highest BCUT2D eigenvalue weighted by molar-refractivity contribution is 5.97. The summed E-state index contributed by atoms with van der Waals surface area (Å²) in [5.41, 5.74) is 8.36. The summed E-state index contributed by atoms with van der Waals surface area (Å²) >= 11 is 0. The third kappa shape index (κ3) is 5.41. The van der Waals surface area contributed by atoms with Crippen LogP contribution in [-0.2, 0) is 6.42 Å². The number of hydrogen-bond donors (Lipinski definition) is 2. The summed E-state index contributed by atoms with van der Waals surface area (Å²) in [5, 5.41) is 5.58. The van der Waals surface area contributed by atoms with Gasteiger partial charge in [-0.05, 0) is 54.7 Å². The predicted octanol–water partition coefficient (Wildman–Crippen LogP) is 8.32. The molecule has 0 saturated heterocycles. The number of benzene rings is 2. The Labute approximate surface area is 219 Å².